The van der Waals surface area contributed by atoms with Crippen molar-refractivity contribution < 1.29 is 0 Å². The van der Waals surface area contributed by atoms with Crippen molar-refractivity contribution in [3.63, 3.8) is 0 Å². The number of hydrogen-bond acceptors (Lipinski definition) is 4. The molecule has 1 unspecified atom stereocenters. The fraction of sp³-hybridized carbons (Fsp3) is 0.360. The van der Waals surface area contributed by atoms with E-state index in [0.717, 1.165) is 68.2 Å². The third-order valence-corrected chi connectivity index (χ3v) is 7.51. The molecule has 0 aliphatic heterocycles. The van der Waals surface area contributed by atoms with Gasteiger partial charge in [0.05, 0.1) is 5.52 Å². The summed E-state index contributed by atoms with van der Waals surface area (Å²) in [5.74, 6) is 1.46. The molecule has 0 aliphatic carbocycles. The first-order chi connectivity index (χ1) is 15.8. The van der Waals surface area contributed by atoms with Crippen LogP contribution in [0.3, 0.4) is 0 Å². The standard InChI is InChI=1S/C25H28Br3ClN4/c1-4-33(5-2)12-6-7-16(3)30-25-20-9-8-18(29)15-23(20)31-24(32-25)11-10-19-21(27)13-17(26)14-22(19)28/h8-11,13-16H,4-7,12H2,1-3H3,(H,30,31,32)/b11-10+. The Balaban J connectivity index is 1.86. The van der Waals surface area contributed by atoms with E-state index in [1.54, 1.807) is 0 Å². The smallest absolute Gasteiger partial charge is 0.154 e. The van der Waals surface area contributed by atoms with Gasteiger partial charge in [-0.3, -0.25) is 0 Å². The molecule has 0 saturated carbocycles. The molecule has 3 aromatic rings. The normalized spacial score (nSPS) is 12.7. The number of nitrogens with zero attached hydrogens (tertiary/aromatic N) is 3. The highest BCUT2D eigenvalue weighted by molar-refractivity contribution is 9.11. The topological polar surface area (TPSA) is 41.0 Å². The Morgan fingerprint density at radius 1 is 1.03 bits per heavy atom. The fourth-order valence-electron chi connectivity index (χ4n) is 3.64. The van der Waals surface area contributed by atoms with Crippen LogP contribution in [0, 0.1) is 0 Å². The second-order valence-electron chi connectivity index (χ2n) is 7.92. The highest BCUT2D eigenvalue weighted by atomic mass is 79.9. The van der Waals surface area contributed by atoms with E-state index < -0.39 is 0 Å². The Hall–Kier alpha value is -0.990. The Bertz CT molecular complexity index is 1110. The summed E-state index contributed by atoms with van der Waals surface area (Å²) in [5, 5.41) is 5.24. The minimum atomic E-state index is 0.293. The first-order valence-electron chi connectivity index (χ1n) is 11.1. The van der Waals surface area contributed by atoms with Crippen LogP contribution in [0.15, 0.2) is 43.7 Å². The summed E-state index contributed by atoms with van der Waals surface area (Å²) in [6.45, 7) is 9.93. The summed E-state index contributed by atoms with van der Waals surface area (Å²) in [5.41, 5.74) is 1.84. The molecule has 0 saturated heterocycles. The van der Waals surface area contributed by atoms with Crippen molar-refractivity contribution in [2.24, 2.45) is 0 Å². The first kappa shape index (κ1) is 26.6. The molecule has 1 N–H and O–H groups in total. The van der Waals surface area contributed by atoms with Gasteiger partial charge in [0.25, 0.3) is 0 Å². The zero-order valence-electron chi connectivity index (χ0n) is 19.0. The van der Waals surface area contributed by atoms with Gasteiger partial charge < -0.3 is 10.2 Å². The molecule has 0 amide bonds. The maximum atomic E-state index is 6.26. The van der Waals surface area contributed by atoms with E-state index in [4.69, 9.17) is 21.6 Å². The van der Waals surface area contributed by atoms with Crippen molar-refractivity contribution >= 4 is 88.3 Å². The molecule has 1 aromatic heterocycles. The molecule has 0 spiro atoms. The van der Waals surface area contributed by atoms with E-state index in [-0.39, 0.29) is 0 Å². The molecular formula is C25H28Br3ClN4. The maximum Gasteiger partial charge on any atom is 0.154 e. The lowest BCUT2D eigenvalue weighted by molar-refractivity contribution is 0.295. The lowest BCUT2D eigenvalue weighted by atomic mass is 10.1. The number of hydrogen-bond donors (Lipinski definition) is 1. The number of benzene rings is 2. The van der Waals surface area contributed by atoms with Crippen LogP contribution in [0.1, 0.15) is 45.0 Å². The molecule has 0 radical (unpaired) electrons. The lowest BCUT2D eigenvalue weighted by Crippen LogP contribution is -2.25. The van der Waals surface area contributed by atoms with Crippen molar-refractivity contribution in [1.82, 2.24) is 14.9 Å². The van der Waals surface area contributed by atoms with Crippen LogP contribution in [0.5, 0.6) is 0 Å². The van der Waals surface area contributed by atoms with Crippen LogP contribution < -0.4 is 5.32 Å². The molecule has 1 heterocycles. The second-order valence-corrected chi connectivity index (χ2v) is 11.0. The molecule has 33 heavy (non-hydrogen) atoms. The monoisotopic (exact) mass is 656 g/mol. The van der Waals surface area contributed by atoms with Gasteiger partial charge in [0.15, 0.2) is 5.82 Å². The van der Waals surface area contributed by atoms with E-state index in [1.165, 1.54) is 0 Å². The summed E-state index contributed by atoms with van der Waals surface area (Å²) in [7, 11) is 0. The van der Waals surface area contributed by atoms with Gasteiger partial charge in [-0.25, -0.2) is 9.97 Å². The third kappa shape index (κ3) is 7.49. The van der Waals surface area contributed by atoms with E-state index >= 15 is 0 Å². The minimum absolute atomic E-state index is 0.293. The van der Waals surface area contributed by atoms with Crippen molar-refractivity contribution in [2.45, 2.75) is 39.7 Å². The van der Waals surface area contributed by atoms with E-state index in [0.29, 0.717) is 16.9 Å². The number of halogens is 4. The molecular weight excluding hydrogens is 631 g/mol. The van der Waals surface area contributed by atoms with Gasteiger partial charge >= 0.3 is 0 Å². The predicted molar refractivity (Wildman–Crippen MR) is 153 cm³/mol. The maximum absolute atomic E-state index is 6.26. The van der Waals surface area contributed by atoms with Gasteiger partial charge in [-0.05, 0) is 81.9 Å². The lowest BCUT2D eigenvalue weighted by Gasteiger charge is -2.20. The Morgan fingerprint density at radius 3 is 2.39 bits per heavy atom. The Labute approximate surface area is 226 Å². The molecule has 176 valence electrons. The van der Waals surface area contributed by atoms with Gasteiger partial charge in [-0.15, -0.1) is 0 Å². The van der Waals surface area contributed by atoms with Crippen molar-refractivity contribution in [1.29, 1.82) is 0 Å². The van der Waals surface area contributed by atoms with Crippen LogP contribution in [-0.4, -0.2) is 40.5 Å². The average molecular weight is 660 g/mol. The number of fused-ring (bicyclic) bond motifs is 1. The van der Waals surface area contributed by atoms with Crippen LogP contribution in [-0.2, 0) is 0 Å². The summed E-state index contributed by atoms with van der Waals surface area (Å²) in [6, 6.07) is 10.1. The van der Waals surface area contributed by atoms with Crippen LogP contribution in [0.2, 0.25) is 5.02 Å². The summed E-state index contributed by atoms with van der Waals surface area (Å²) in [4.78, 5) is 12.0. The van der Waals surface area contributed by atoms with Crippen LogP contribution in [0.25, 0.3) is 23.1 Å². The highest BCUT2D eigenvalue weighted by Crippen LogP contribution is 2.31. The highest BCUT2D eigenvalue weighted by Gasteiger charge is 2.11. The van der Waals surface area contributed by atoms with Crippen molar-refractivity contribution in [3.8, 4) is 0 Å². The van der Waals surface area contributed by atoms with Gasteiger partial charge in [0.2, 0.25) is 0 Å². The molecule has 0 aliphatic rings. The average Bonchev–Trinajstić information content (AvgIpc) is 2.75. The Morgan fingerprint density at radius 2 is 1.73 bits per heavy atom. The van der Waals surface area contributed by atoms with Gasteiger partial charge in [0.1, 0.15) is 5.82 Å². The minimum Gasteiger partial charge on any atom is -0.367 e. The largest absolute Gasteiger partial charge is 0.367 e. The van der Waals surface area contributed by atoms with Crippen molar-refractivity contribution in [3.05, 3.63) is 60.2 Å². The summed E-state index contributed by atoms with van der Waals surface area (Å²) < 4.78 is 2.95. The number of anilines is 1. The molecule has 4 nitrogen and oxygen atoms in total. The van der Waals surface area contributed by atoms with E-state index in [2.05, 4.69) is 78.8 Å². The molecule has 2 aromatic carbocycles. The SMILES string of the molecule is CCN(CC)CCCC(C)Nc1nc(/C=C/c2c(Br)cc(Br)cc2Br)nc2cc(Cl)ccc12. The summed E-state index contributed by atoms with van der Waals surface area (Å²) >= 11 is 17.0. The molecule has 0 bridgehead atoms. The number of rotatable bonds is 10. The quantitative estimate of drug-likeness (QED) is 0.237. The van der Waals surface area contributed by atoms with Crippen LogP contribution in [0.4, 0.5) is 5.82 Å². The molecule has 1 atom stereocenters. The van der Waals surface area contributed by atoms with Crippen molar-refractivity contribution in [2.75, 3.05) is 25.0 Å². The summed E-state index contributed by atoms with van der Waals surface area (Å²) in [6.07, 6.45) is 6.14. The Kier molecular flexibility index (Phi) is 10.2. The first-order valence-corrected chi connectivity index (χ1v) is 13.8. The van der Waals surface area contributed by atoms with Gasteiger partial charge in [-0.1, -0.05) is 73.2 Å². The zero-order valence-corrected chi connectivity index (χ0v) is 24.5. The number of nitrogens with one attached hydrogen (secondary N) is 1. The van der Waals surface area contributed by atoms with E-state index in [9.17, 15) is 0 Å². The van der Waals surface area contributed by atoms with E-state index in [1.807, 2.05) is 42.5 Å². The van der Waals surface area contributed by atoms with Gasteiger partial charge in [0, 0.05) is 35.4 Å². The fourth-order valence-corrected chi connectivity index (χ4v) is 6.33. The second kappa shape index (κ2) is 12.6. The number of aromatic nitrogens is 2. The molecule has 0 fully saturated rings. The van der Waals surface area contributed by atoms with Gasteiger partial charge in [-0.2, -0.15) is 0 Å². The molecule has 3 rings (SSSR count). The third-order valence-electron chi connectivity index (χ3n) is 5.51. The zero-order chi connectivity index (χ0) is 24.0. The predicted octanol–water partition coefficient (Wildman–Crippen LogP) is 8.66. The van der Waals surface area contributed by atoms with Crippen LogP contribution >= 0.6 is 59.4 Å². The molecule has 8 heteroatoms.